The number of hydrogen-bond donors (Lipinski definition) is 2. The van der Waals surface area contributed by atoms with E-state index in [-0.39, 0.29) is 0 Å². The zero-order chi connectivity index (χ0) is 18.7. The van der Waals surface area contributed by atoms with Gasteiger partial charge in [-0.25, -0.2) is 10.0 Å². The molecular weight excluding hydrogens is 340 g/mol. The van der Waals surface area contributed by atoms with Gasteiger partial charge >= 0.3 is 0 Å². The molecule has 2 N–H and O–H groups in total. The number of aliphatic imine (C=N–C) groups is 1. The normalized spacial score (nSPS) is 25.2. The van der Waals surface area contributed by atoms with Crippen molar-refractivity contribution in [1.82, 2.24) is 15.2 Å². The van der Waals surface area contributed by atoms with Crippen LogP contribution in [0.4, 0.5) is 5.69 Å². The van der Waals surface area contributed by atoms with Gasteiger partial charge < -0.3 is 15.0 Å². The van der Waals surface area contributed by atoms with Crippen molar-refractivity contribution in [3.8, 4) is 5.75 Å². The van der Waals surface area contributed by atoms with Crippen LogP contribution < -0.4 is 15.4 Å². The first-order chi connectivity index (χ1) is 13.2. The smallest absolute Gasteiger partial charge is 0.236 e. The van der Waals surface area contributed by atoms with Gasteiger partial charge in [0.1, 0.15) is 5.75 Å². The van der Waals surface area contributed by atoms with Crippen LogP contribution in [-0.4, -0.2) is 55.8 Å². The van der Waals surface area contributed by atoms with E-state index in [4.69, 9.17) is 9.73 Å². The highest BCUT2D eigenvalue weighted by molar-refractivity contribution is 5.82. The molecule has 0 saturated carbocycles. The quantitative estimate of drug-likeness (QED) is 0.856. The van der Waals surface area contributed by atoms with Gasteiger partial charge in [0.05, 0.1) is 13.4 Å². The third-order valence-electron chi connectivity index (χ3n) is 5.26. The number of methoxy groups -OCH3 is 1. The second-order valence-electron chi connectivity index (χ2n) is 7.04. The number of anilines is 1. The van der Waals surface area contributed by atoms with Crippen molar-refractivity contribution in [2.75, 3.05) is 32.6 Å². The number of fused-ring (bicyclic) bond motifs is 1. The van der Waals surface area contributed by atoms with Crippen LogP contribution in [0.5, 0.6) is 5.75 Å². The Morgan fingerprint density at radius 3 is 2.89 bits per heavy atom. The van der Waals surface area contributed by atoms with E-state index in [2.05, 4.69) is 27.7 Å². The van der Waals surface area contributed by atoms with Gasteiger partial charge in [-0.2, -0.15) is 5.10 Å². The molecule has 4 rings (SSSR count). The molecule has 3 heterocycles. The first-order valence-electron chi connectivity index (χ1n) is 9.33. The van der Waals surface area contributed by atoms with E-state index in [9.17, 15) is 0 Å². The van der Waals surface area contributed by atoms with Gasteiger partial charge in [0.25, 0.3) is 0 Å². The number of benzene rings is 1. The minimum Gasteiger partial charge on any atom is -0.497 e. The van der Waals surface area contributed by atoms with Gasteiger partial charge in [-0.1, -0.05) is 6.08 Å². The first-order valence-corrected chi connectivity index (χ1v) is 9.33. The van der Waals surface area contributed by atoms with Gasteiger partial charge in [-0.15, -0.1) is 0 Å². The molecule has 1 atom stereocenters. The molecule has 7 heteroatoms. The number of piperidine rings is 1. The largest absolute Gasteiger partial charge is 0.497 e. The Hall–Kier alpha value is -2.64. The Labute approximate surface area is 160 Å². The van der Waals surface area contributed by atoms with Crippen LogP contribution in [0.2, 0.25) is 0 Å². The molecule has 1 aromatic carbocycles. The minimum absolute atomic E-state index is 0.343. The molecular formula is C20H26N6O. The van der Waals surface area contributed by atoms with Crippen molar-refractivity contribution in [3.63, 3.8) is 0 Å². The van der Waals surface area contributed by atoms with E-state index in [1.54, 1.807) is 19.7 Å². The average molecular weight is 366 g/mol. The second kappa shape index (κ2) is 7.54. The Morgan fingerprint density at radius 2 is 2.07 bits per heavy atom. The fourth-order valence-electron chi connectivity index (χ4n) is 3.72. The Balaban J connectivity index is 1.77. The van der Waals surface area contributed by atoms with Gasteiger partial charge in [-0.05, 0) is 63.3 Å². The highest BCUT2D eigenvalue weighted by Gasteiger charge is 2.43. The topological polar surface area (TPSA) is 64.5 Å². The Bertz CT molecular complexity index is 778. The first kappa shape index (κ1) is 17.8. The Morgan fingerprint density at radius 1 is 1.22 bits per heavy atom. The predicted molar refractivity (Wildman–Crippen MR) is 109 cm³/mol. The zero-order valence-electron chi connectivity index (χ0n) is 15.8. The fourth-order valence-corrected chi connectivity index (χ4v) is 3.72. The fraction of sp³-hybridized carbons (Fsp3) is 0.400. The average Bonchev–Trinajstić information content (AvgIpc) is 2.99. The zero-order valence-corrected chi connectivity index (χ0v) is 15.8. The van der Waals surface area contributed by atoms with E-state index in [1.165, 1.54) is 0 Å². The van der Waals surface area contributed by atoms with Crippen molar-refractivity contribution in [1.29, 1.82) is 0 Å². The molecule has 1 fully saturated rings. The molecule has 0 bridgehead atoms. The lowest BCUT2D eigenvalue weighted by Gasteiger charge is -2.44. The van der Waals surface area contributed by atoms with Crippen molar-refractivity contribution < 1.29 is 4.74 Å². The van der Waals surface area contributed by atoms with Crippen LogP contribution in [0, 0.1) is 0 Å². The molecule has 0 radical (unpaired) electrons. The molecule has 0 amide bonds. The summed E-state index contributed by atoms with van der Waals surface area (Å²) in [5.41, 5.74) is 1.99. The summed E-state index contributed by atoms with van der Waals surface area (Å²) in [6, 6.07) is 6.35. The summed E-state index contributed by atoms with van der Waals surface area (Å²) in [4.78, 5) is 7.24. The predicted octanol–water partition coefficient (Wildman–Crippen LogP) is 2.31. The van der Waals surface area contributed by atoms with E-state index in [1.807, 2.05) is 47.6 Å². The maximum atomic E-state index is 5.49. The summed E-state index contributed by atoms with van der Waals surface area (Å²) < 4.78 is 5.49. The van der Waals surface area contributed by atoms with E-state index in [0.29, 0.717) is 6.04 Å². The molecule has 27 heavy (non-hydrogen) atoms. The van der Waals surface area contributed by atoms with Gasteiger partial charge in [0.15, 0.2) is 0 Å². The molecule has 1 unspecified atom stereocenters. The molecule has 1 aromatic rings. The highest BCUT2D eigenvalue weighted by atomic mass is 16.5. The standard InChI is InChI=1S/C20H26N6O/c1-25-12-8-16(9-13-25)24-20(26-11-5-3-4-10-23-26)18-14-17(27-2)6-7-19(18)21-15-22-20/h3-7,10-11,14-16,24H,8-9,12-13H2,1-2H3,(H,21,22). The van der Waals surface area contributed by atoms with Crippen LogP contribution >= 0.6 is 0 Å². The van der Waals surface area contributed by atoms with E-state index >= 15 is 0 Å². The molecule has 142 valence electrons. The third kappa shape index (κ3) is 3.48. The van der Waals surface area contributed by atoms with Crippen molar-refractivity contribution in [3.05, 3.63) is 48.2 Å². The number of hydrogen-bond acceptors (Lipinski definition) is 7. The summed E-state index contributed by atoms with van der Waals surface area (Å²) in [7, 11) is 3.85. The van der Waals surface area contributed by atoms with E-state index in [0.717, 1.165) is 42.9 Å². The summed E-state index contributed by atoms with van der Waals surface area (Å²) in [5, 5.41) is 13.6. The van der Waals surface area contributed by atoms with Crippen molar-refractivity contribution in [2.24, 2.45) is 10.1 Å². The van der Waals surface area contributed by atoms with Gasteiger partial charge in [0.2, 0.25) is 5.79 Å². The molecule has 7 nitrogen and oxygen atoms in total. The van der Waals surface area contributed by atoms with Crippen LogP contribution in [0.25, 0.3) is 0 Å². The lowest BCUT2D eigenvalue weighted by Crippen LogP contribution is -2.58. The number of allylic oxidation sites excluding steroid dienone is 3. The molecule has 3 aliphatic rings. The Kier molecular flexibility index (Phi) is 4.96. The van der Waals surface area contributed by atoms with Crippen LogP contribution in [-0.2, 0) is 5.79 Å². The number of hydrazone groups is 1. The molecule has 0 spiro atoms. The van der Waals surface area contributed by atoms with Crippen LogP contribution in [0.15, 0.2) is 52.7 Å². The monoisotopic (exact) mass is 366 g/mol. The second-order valence-corrected chi connectivity index (χ2v) is 7.04. The minimum atomic E-state index is -0.825. The van der Waals surface area contributed by atoms with Crippen molar-refractivity contribution in [2.45, 2.75) is 24.7 Å². The maximum Gasteiger partial charge on any atom is 0.236 e. The maximum absolute atomic E-state index is 5.49. The third-order valence-corrected chi connectivity index (χ3v) is 5.26. The summed E-state index contributed by atoms with van der Waals surface area (Å²) in [6.45, 7) is 2.14. The summed E-state index contributed by atoms with van der Waals surface area (Å²) in [6.07, 6.45) is 13.5. The SMILES string of the molecule is COc1ccc2c(c1)C(NC1CCN(C)CC1)(N1C=CC=CC=N1)N=CN2. The van der Waals surface area contributed by atoms with Crippen molar-refractivity contribution >= 4 is 18.2 Å². The molecule has 0 aliphatic carbocycles. The number of nitrogens with zero attached hydrogens (tertiary/aromatic N) is 4. The summed E-state index contributed by atoms with van der Waals surface area (Å²) in [5.74, 6) is -0.0301. The number of nitrogens with one attached hydrogen (secondary N) is 2. The van der Waals surface area contributed by atoms with Gasteiger partial charge in [-0.3, -0.25) is 5.32 Å². The lowest BCUT2D eigenvalue weighted by atomic mass is 9.98. The molecule has 0 aromatic heterocycles. The highest BCUT2D eigenvalue weighted by Crippen LogP contribution is 2.39. The molecule has 1 saturated heterocycles. The number of rotatable bonds is 4. The van der Waals surface area contributed by atoms with Crippen LogP contribution in [0.1, 0.15) is 18.4 Å². The lowest BCUT2D eigenvalue weighted by molar-refractivity contribution is 0.0806. The summed E-state index contributed by atoms with van der Waals surface area (Å²) >= 11 is 0. The molecule has 3 aliphatic heterocycles. The number of ether oxygens (including phenoxy) is 1. The van der Waals surface area contributed by atoms with E-state index < -0.39 is 5.79 Å². The van der Waals surface area contributed by atoms with Gasteiger partial charge in [0, 0.05) is 29.7 Å². The number of likely N-dealkylation sites (tertiary alicyclic amines) is 1. The van der Waals surface area contributed by atoms with Crippen LogP contribution in [0.3, 0.4) is 0 Å².